The van der Waals surface area contributed by atoms with Gasteiger partial charge in [0.05, 0.1) is 5.92 Å². The van der Waals surface area contributed by atoms with Crippen molar-refractivity contribution >= 4 is 27.5 Å². The smallest absolute Gasteiger partial charge is 0.228 e. The molecule has 1 aliphatic heterocycles. The number of piperidine rings is 1. The molecule has 3 nitrogen and oxygen atoms in total. The van der Waals surface area contributed by atoms with E-state index in [4.69, 9.17) is 0 Å². The molecule has 0 aliphatic carbocycles. The van der Waals surface area contributed by atoms with E-state index in [1.54, 1.807) is 0 Å². The molecule has 1 fully saturated rings. The number of rotatable bonds is 4. The number of halogens is 1. The molecule has 2 aromatic carbocycles. The summed E-state index contributed by atoms with van der Waals surface area (Å²) in [5.74, 6) is 0.202. The van der Waals surface area contributed by atoms with E-state index in [2.05, 4.69) is 69.5 Å². The number of amides is 1. The van der Waals surface area contributed by atoms with Gasteiger partial charge in [0.25, 0.3) is 0 Å². The first-order chi connectivity index (χ1) is 12.0. The van der Waals surface area contributed by atoms with Crippen LogP contribution >= 0.6 is 15.9 Å². The monoisotopic (exact) mass is 400 g/mol. The molecule has 0 spiro atoms. The summed E-state index contributed by atoms with van der Waals surface area (Å²) in [6.45, 7) is 6.86. The van der Waals surface area contributed by atoms with E-state index >= 15 is 0 Å². The maximum atomic E-state index is 12.7. The Morgan fingerprint density at radius 1 is 1.24 bits per heavy atom. The number of benzene rings is 2. The zero-order valence-corrected chi connectivity index (χ0v) is 16.5. The first-order valence-electron chi connectivity index (χ1n) is 8.86. The number of nitrogens with one attached hydrogen (secondary N) is 1. The summed E-state index contributed by atoms with van der Waals surface area (Å²) in [7, 11) is 0. The van der Waals surface area contributed by atoms with Gasteiger partial charge in [-0.1, -0.05) is 40.2 Å². The Bertz CT molecular complexity index is 759. The van der Waals surface area contributed by atoms with E-state index < -0.39 is 0 Å². The zero-order chi connectivity index (χ0) is 17.8. The fraction of sp³-hybridized carbons (Fsp3) is 0.381. The second-order valence-electron chi connectivity index (χ2n) is 7.01. The van der Waals surface area contributed by atoms with Crippen LogP contribution in [0.5, 0.6) is 0 Å². The quantitative estimate of drug-likeness (QED) is 0.789. The summed E-state index contributed by atoms with van der Waals surface area (Å²) in [5.41, 5.74) is 4.50. The third-order valence-electron chi connectivity index (χ3n) is 4.82. The maximum absolute atomic E-state index is 12.7. The van der Waals surface area contributed by atoms with Crippen molar-refractivity contribution in [1.29, 1.82) is 0 Å². The minimum absolute atomic E-state index is 0.0563. The van der Waals surface area contributed by atoms with E-state index in [0.717, 1.165) is 48.2 Å². The number of likely N-dealkylation sites (tertiary alicyclic amines) is 1. The van der Waals surface area contributed by atoms with Crippen molar-refractivity contribution < 1.29 is 4.79 Å². The van der Waals surface area contributed by atoms with Crippen LogP contribution in [0.3, 0.4) is 0 Å². The van der Waals surface area contributed by atoms with Crippen LogP contribution in [0.4, 0.5) is 5.69 Å². The van der Waals surface area contributed by atoms with Crippen molar-refractivity contribution in [3.63, 3.8) is 0 Å². The Morgan fingerprint density at radius 3 is 2.88 bits per heavy atom. The average molecular weight is 401 g/mol. The standard InChI is InChI=1S/C21H25BrN2O/c1-15-8-9-16(2)20(11-15)23-21(25)18-6-4-10-24(14-18)13-17-5-3-7-19(22)12-17/h3,5,7-9,11-12,18H,4,6,10,13-14H2,1-2H3,(H,23,25). The zero-order valence-electron chi connectivity index (χ0n) is 14.9. The highest BCUT2D eigenvalue weighted by molar-refractivity contribution is 9.10. The average Bonchev–Trinajstić information content (AvgIpc) is 2.58. The Hall–Kier alpha value is -1.65. The van der Waals surface area contributed by atoms with Gasteiger partial charge in [0.15, 0.2) is 0 Å². The van der Waals surface area contributed by atoms with Gasteiger partial charge < -0.3 is 5.32 Å². The van der Waals surface area contributed by atoms with E-state index in [-0.39, 0.29) is 11.8 Å². The molecular weight excluding hydrogens is 376 g/mol. The predicted octanol–water partition coefficient (Wildman–Crippen LogP) is 4.92. The lowest BCUT2D eigenvalue weighted by molar-refractivity contribution is -0.121. The first-order valence-corrected chi connectivity index (χ1v) is 9.65. The maximum Gasteiger partial charge on any atom is 0.228 e. The fourth-order valence-electron chi connectivity index (χ4n) is 3.41. The van der Waals surface area contributed by atoms with Gasteiger partial charge >= 0.3 is 0 Å². The number of carbonyl (C=O) groups excluding carboxylic acids is 1. The van der Waals surface area contributed by atoms with Gasteiger partial charge in [0, 0.05) is 23.2 Å². The number of hydrogen-bond donors (Lipinski definition) is 1. The lowest BCUT2D eigenvalue weighted by Crippen LogP contribution is -2.40. The molecule has 1 N–H and O–H groups in total. The number of aryl methyl sites for hydroxylation is 2. The lowest BCUT2D eigenvalue weighted by Gasteiger charge is -2.32. The Kier molecular flexibility index (Phi) is 5.92. The minimum atomic E-state index is 0.0563. The molecule has 1 heterocycles. The summed E-state index contributed by atoms with van der Waals surface area (Å²) in [6.07, 6.45) is 2.03. The second-order valence-corrected chi connectivity index (χ2v) is 7.93. The molecule has 1 saturated heterocycles. The van der Waals surface area contributed by atoms with Crippen LogP contribution in [-0.2, 0) is 11.3 Å². The third-order valence-corrected chi connectivity index (χ3v) is 5.32. The summed E-state index contributed by atoms with van der Waals surface area (Å²) < 4.78 is 1.10. The number of hydrogen-bond acceptors (Lipinski definition) is 2. The molecule has 25 heavy (non-hydrogen) atoms. The summed E-state index contributed by atoms with van der Waals surface area (Å²) in [5, 5.41) is 3.14. The topological polar surface area (TPSA) is 32.3 Å². The number of anilines is 1. The van der Waals surface area contributed by atoms with Crippen LogP contribution in [-0.4, -0.2) is 23.9 Å². The van der Waals surface area contributed by atoms with Crippen molar-refractivity contribution in [1.82, 2.24) is 4.90 Å². The van der Waals surface area contributed by atoms with E-state index in [0.29, 0.717) is 0 Å². The molecule has 1 amide bonds. The molecule has 2 aromatic rings. The second kappa shape index (κ2) is 8.15. The molecule has 0 bridgehead atoms. The van der Waals surface area contributed by atoms with Gasteiger partial charge in [-0.3, -0.25) is 9.69 Å². The molecule has 0 radical (unpaired) electrons. The van der Waals surface area contributed by atoms with Gasteiger partial charge in [-0.25, -0.2) is 0 Å². The van der Waals surface area contributed by atoms with Crippen LogP contribution in [0.15, 0.2) is 46.9 Å². The van der Waals surface area contributed by atoms with Crippen LogP contribution < -0.4 is 5.32 Å². The van der Waals surface area contributed by atoms with Crippen LogP contribution in [0.1, 0.15) is 29.5 Å². The van der Waals surface area contributed by atoms with Crippen molar-refractivity contribution in [2.45, 2.75) is 33.2 Å². The largest absolute Gasteiger partial charge is 0.326 e. The van der Waals surface area contributed by atoms with E-state index in [1.165, 1.54) is 11.1 Å². The summed E-state index contributed by atoms with van der Waals surface area (Å²) in [4.78, 5) is 15.1. The highest BCUT2D eigenvalue weighted by Gasteiger charge is 2.26. The molecule has 0 saturated carbocycles. The van der Waals surface area contributed by atoms with Crippen molar-refractivity contribution in [3.8, 4) is 0 Å². The highest BCUT2D eigenvalue weighted by atomic mass is 79.9. The Balaban J connectivity index is 1.62. The molecule has 0 aromatic heterocycles. The molecule has 3 rings (SSSR count). The molecule has 132 valence electrons. The summed E-state index contributed by atoms with van der Waals surface area (Å²) >= 11 is 3.53. The number of nitrogens with zero attached hydrogens (tertiary/aromatic N) is 1. The Labute approximate surface area is 158 Å². The van der Waals surface area contributed by atoms with E-state index in [1.807, 2.05) is 13.0 Å². The van der Waals surface area contributed by atoms with Gasteiger partial charge in [-0.05, 0) is 68.1 Å². The molecular formula is C21H25BrN2O. The highest BCUT2D eigenvalue weighted by Crippen LogP contribution is 2.23. The van der Waals surface area contributed by atoms with Gasteiger partial charge in [0.1, 0.15) is 0 Å². The third kappa shape index (κ3) is 4.93. The SMILES string of the molecule is Cc1ccc(C)c(NC(=O)C2CCCN(Cc3cccc(Br)c3)C2)c1. The molecule has 1 atom stereocenters. The number of carbonyl (C=O) groups is 1. The van der Waals surface area contributed by atoms with Gasteiger partial charge in [-0.15, -0.1) is 0 Å². The van der Waals surface area contributed by atoms with Gasteiger partial charge in [0.2, 0.25) is 5.91 Å². The Morgan fingerprint density at radius 2 is 2.08 bits per heavy atom. The lowest BCUT2D eigenvalue weighted by atomic mass is 9.96. The van der Waals surface area contributed by atoms with Crippen molar-refractivity contribution in [2.24, 2.45) is 5.92 Å². The van der Waals surface area contributed by atoms with Crippen molar-refractivity contribution in [3.05, 3.63) is 63.6 Å². The summed E-state index contributed by atoms with van der Waals surface area (Å²) in [6, 6.07) is 14.6. The molecule has 1 unspecified atom stereocenters. The minimum Gasteiger partial charge on any atom is -0.326 e. The van der Waals surface area contributed by atoms with Gasteiger partial charge in [-0.2, -0.15) is 0 Å². The van der Waals surface area contributed by atoms with Crippen LogP contribution in [0, 0.1) is 19.8 Å². The normalized spacial score (nSPS) is 18.1. The first kappa shape index (κ1) is 18.2. The van der Waals surface area contributed by atoms with Crippen molar-refractivity contribution in [2.75, 3.05) is 18.4 Å². The molecule has 1 aliphatic rings. The predicted molar refractivity (Wildman–Crippen MR) is 107 cm³/mol. The van der Waals surface area contributed by atoms with Crippen LogP contribution in [0.2, 0.25) is 0 Å². The van der Waals surface area contributed by atoms with Crippen LogP contribution in [0.25, 0.3) is 0 Å². The van der Waals surface area contributed by atoms with E-state index in [9.17, 15) is 4.79 Å². The fourth-order valence-corrected chi connectivity index (χ4v) is 3.86. The molecule has 4 heteroatoms.